The smallest absolute Gasteiger partial charge is 0.248 e. The normalized spacial score (nSPS) is 28.5. The van der Waals surface area contributed by atoms with E-state index in [4.69, 9.17) is 5.73 Å². The summed E-state index contributed by atoms with van der Waals surface area (Å²) < 4.78 is 0. The second kappa shape index (κ2) is 5.99. The van der Waals surface area contributed by atoms with Gasteiger partial charge in [-0.25, -0.2) is 0 Å². The molecule has 1 aromatic rings. The molecule has 2 heteroatoms. The molecule has 2 saturated carbocycles. The van der Waals surface area contributed by atoms with Crippen LogP contribution in [0.2, 0.25) is 0 Å². The molecule has 3 rings (SSSR count). The van der Waals surface area contributed by atoms with Crippen LogP contribution in [0.25, 0.3) is 0 Å². The minimum Gasteiger partial charge on any atom is -0.366 e. The van der Waals surface area contributed by atoms with E-state index >= 15 is 0 Å². The lowest BCUT2D eigenvalue weighted by atomic mass is 9.60. The van der Waals surface area contributed by atoms with Gasteiger partial charge in [-0.15, -0.1) is 0 Å². The Balaban J connectivity index is 0.00000147. The van der Waals surface area contributed by atoms with Crippen molar-refractivity contribution in [3.8, 4) is 0 Å². The molecule has 108 valence electrons. The lowest BCUT2D eigenvalue weighted by molar-refractivity contribution is 0.0770. The minimum atomic E-state index is -0.282. The van der Waals surface area contributed by atoms with Crippen LogP contribution in [-0.2, 0) is 6.42 Å². The highest BCUT2D eigenvalue weighted by atomic mass is 16.1. The zero-order valence-electron chi connectivity index (χ0n) is 12.2. The molecule has 20 heavy (non-hydrogen) atoms. The van der Waals surface area contributed by atoms with Crippen molar-refractivity contribution >= 4 is 5.91 Å². The number of amides is 1. The van der Waals surface area contributed by atoms with E-state index in [1.807, 2.05) is 18.2 Å². The van der Waals surface area contributed by atoms with Crippen molar-refractivity contribution in [1.29, 1.82) is 0 Å². The van der Waals surface area contributed by atoms with Crippen LogP contribution in [0.5, 0.6) is 0 Å². The first-order valence-corrected chi connectivity index (χ1v) is 7.56. The first-order valence-electron chi connectivity index (χ1n) is 7.56. The molecule has 2 nitrogen and oxygen atoms in total. The van der Waals surface area contributed by atoms with Gasteiger partial charge in [-0.1, -0.05) is 51.3 Å². The first kappa shape index (κ1) is 15.1. The average molecular weight is 271 g/mol. The minimum absolute atomic E-state index is 0. The Morgan fingerprint density at radius 1 is 1.20 bits per heavy atom. The van der Waals surface area contributed by atoms with Crippen LogP contribution < -0.4 is 5.73 Å². The molecule has 2 aliphatic carbocycles. The number of hydrogen-bond acceptors (Lipinski definition) is 1. The molecular weight excluding hydrogens is 246 g/mol. The molecule has 2 radical (unpaired) electrons. The Bertz CT molecular complexity index is 470. The summed E-state index contributed by atoms with van der Waals surface area (Å²) in [6.07, 6.45) is 10.6. The summed E-state index contributed by atoms with van der Waals surface area (Å²) in [4.78, 5) is 11.6. The van der Waals surface area contributed by atoms with Gasteiger partial charge >= 0.3 is 0 Å². The lowest BCUT2D eigenvalue weighted by Gasteiger charge is -2.45. The molecular formula is C18H25NO. The van der Waals surface area contributed by atoms with Crippen molar-refractivity contribution in [1.82, 2.24) is 0 Å². The van der Waals surface area contributed by atoms with E-state index in [1.54, 1.807) is 0 Å². The van der Waals surface area contributed by atoms with Gasteiger partial charge in [-0.2, -0.15) is 0 Å². The van der Waals surface area contributed by atoms with Gasteiger partial charge in [-0.05, 0) is 48.6 Å². The van der Waals surface area contributed by atoms with Gasteiger partial charge in [0.1, 0.15) is 0 Å². The van der Waals surface area contributed by atoms with Crippen LogP contribution in [0.15, 0.2) is 24.3 Å². The highest BCUT2D eigenvalue weighted by Crippen LogP contribution is 2.50. The number of fused-ring (bicyclic) bond motifs is 2. The summed E-state index contributed by atoms with van der Waals surface area (Å²) in [5.74, 6) is 0.651. The van der Waals surface area contributed by atoms with Crippen LogP contribution in [0.3, 0.4) is 0 Å². The average Bonchev–Trinajstić information content (AvgIpc) is 2.39. The second-order valence-corrected chi connectivity index (χ2v) is 6.55. The van der Waals surface area contributed by atoms with Crippen molar-refractivity contribution in [3.05, 3.63) is 42.8 Å². The molecule has 2 aliphatic rings. The van der Waals surface area contributed by atoms with Crippen LogP contribution >= 0.6 is 0 Å². The number of carbonyl (C=O) groups excluding carboxylic acids is 1. The van der Waals surface area contributed by atoms with E-state index in [1.165, 1.54) is 44.9 Å². The summed E-state index contributed by atoms with van der Waals surface area (Å²) in [7, 11) is 0. The van der Waals surface area contributed by atoms with Crippen LogP contribution in [0, 0.1) is 18.8 Å². The SMILES string of the molecule is NC(=O)c1ccccc1CC12CCCC(CCC1)C2.[CH2]. The van der Waals surface area contributed by atoms with Gasteiger partial charge in [0.15, 0.2) is 0 Å². The van der Waals surface area contributed by atoms with Crippen molar-refractivity contribution in [3.63, 3.8) is 0 Å². The molecule has 1 aromatic carbocycles. The number of nitrogens with two attached hydrogens (primary N) is 1. The predicted molar refractivity (Wildman–Crippen MR) is 82.3 cm³/mol. The van der Waals surface area contributed by atoms with E-state index in [0.29, 0.717) is 5.41 Å². The summed E-state index contributed by atoms with van der Waals surface area (Å²) in [6, 6.07) is 7.90. The highest BCUT2D eigenvalue weighted by Gasteiger charge is 2.39. The fraction of sp³-hybridized carbons (Fsp3) is 0.556. The molecule has 2 N–H and O–H groups in total. The largest absolute Gasteiger partial charge is 0.366 e. The van der Waals surface area contributed by atoms with Gasteiger partial charge < -0.3 is 5.73 Å². The van der Waals surface area contributed by atoms with Gasteiger partial charge in [-0.3, -0.25) is 4.79 Å². The fourth-order valence-electron chi connectivity index (χ4n) is 4.39. The maximum absolute atomic E-state index is 11.6. The molecule has 0 heterocycles. The van der Waals surface area contributed by atoms with Gasteiger partial charge in [0.2, 0.25) is 5.91 Å². The Labute approximate surface area is 122 Å². The number of benzene rings is 1. The third kappa shape index (κ3) is 2.89. The molecule has 0 saturated heterocycles. The molecule has 0 atom stereocenters. The summed E-state index contributed by atoms with van der Waals surface area (Å²) in [5.41, 5.74) is 7.85. The highest BCUT2D eigenvalue weighted by molar-refractivity contribution is 5.94. The van der Waals surface area contributed by atoms with Gasteiger partial charge in [0.25, 0.3) is 0 Å². The van der Waals surface area contributed by atoms with Crippen LogP contribution in [0.1, 0.15) is 60.9 Å². The molecule has 2 bridgehead atoms. The maximum atomic E-state index is 11.6. The maximum Gasteiger partial charge on any atom is 0.248 e. The number of rotatable bonds is 3. The third-order valence-electron chi connectivity index (χ3n) is 5.21. The quantitative estimate of drug-likeness (QED) is 0.886. The summed E-state index contributed by atoms with van der Waals surface area (Å²) >= 11 is 0. The molecule has 1 amide bonds. The van der Waals surface area contributed by atoms with E-state index in [0.717, 1.165) is 23.5 Å². The second-order valence-electron chi connectivity index (χ2n) is 6.55. The van der Waals surface area contributed by atoms with Crippen LogP contribution in [-0.4, -0.2) is 5.91 Å². The van der Waals surface area contributed by atoms with Crippen molar-refractivity contribution < 1.29 is 4.79 Å². The van der Waals surface area contributed by atoms with E-state index < -0.39 is 0 Å². The zero-order valence-corrected chi connectivity index (χ0v) is 12.2. The number of primary amides is 1. The van der Waals surface area contributed by atoms with Gasteiger partial charge in [0, 0.05) is 5.56 Å². The van der Waals surface area contributed by atoms with E-state index in [2.05, 4.69) is 6.07 Å². The monoisotopic (exact) mass is 271 g/mol. The van der Waals surface area contributed by atoms with Crippen molar-refractivity contribution in [2.45, 2.75) is 51.4 Å². The lowest BCUT2D eigenvalue weighted by Crippen LogP contribution is -2.35. The Hall–Kier alpha value is -1.31. The topological polar surface area (TPSA) is 43.1 Å². The predicted octanol–water partition coefficient (Wildman–Crippen LogP) is 4.02. The Morgan fingerprint density at radius 2 is 1.85 bits per heavy atom. The van der Waals surface area contributed by atoms with Crippen LogP contribution in [0.4, 0.5) is 0 Å². The Morgan fingerprint density at radius 3 is 2.50 bits per heavy atom. The van der Waals surface area contributed by atoms with E-state index in [-0.39, 0.29) is 13.3 Å². The zero-order chi connectivity index (χ0) is 13.3. The number of carbonyl (C=O) groups is 1. The first-order chi connectivity index (χ1) is 9.19. The third-order valence-corrected chi connectivity index (χ3v) is 5.21. The molecule has 0 unspecified atom stereocenters. The Kier molecular flexibility index (Phi) is 4.52. The standard InChI is InChI=1S/C17H23NO.CH2/c18-16(19)15-8-2-1-7-14(15)12-17-9-3-5-13(11-17)6-4-10-17;/h1-2,7-8,13H,3-6,9-12H2,(H2,18,19);1H2. The van der Waals surface area contributed by atoms with Gasteiger partial charge in [0.05, 0.1) is 0 Å². The fourth-order valence-corrected chi connectivity index (χ4v) is 4.39. The summed E-state index contributed by atoms with van der Waals surface area (Å²) in [6.45, 7) is 0. The van der Waals surface area contributed by atoms with Crippen molar-refractivity contribution in [2.24, 2.45) is 17.1 Å². The molecule has 0 aromatic heterocycles. The van der Waals surface area contributed by atoms with E-state index in [9.17, 15) is 4.79 Å². The number of hydrogen-bond donors (Lipinski definition) is 1. The molecule has 0 aliphatic heterocycles. The molecule has 0 spiro atoms. The summed E-state index contributed by atoms with van der Waals surface area (Å²) in [5, 5.41) is 0. The molecule has 2 fully saturated rings. The van der Waals surface area contributed by atoms with Crippen molar-refractivity contribution in [2.75, 3.05) is 0 Å².